The van der Waals surface area contributed by atoms with Crippen molar-refractivity contribution in [1.29, 1.82) is 0 Å². The van der Waals surface area contributed by atoms with Gasteiger partial charge in [0.25, 0.3) is 5.24 Å². The van der Waals surface area contributed by atoms with Crippen LogP contribution >= 0.6 is 81.2 Å². The summed E-state index contributed by atoms with van der Waals surface area (Å²) in [5.74, 6) is 0.349. The molecule has 4 nitrogen and oxygen atoms in total. The molecule has 0 aromatic rings. The van der Waals surface area contributed by atoms with E-state index in [2.05, 4.69) is 39.6 Å². The molecule has 1 heterocycles. The van der Waals surface area contributed by atoms with Crippen molar-refractivity contribution in [3.05, 3.63) is 11.6 Å². The van der Waals surface area contributed by atoms with E-state index in [4.69, 9.17) is 62.8 Å². The smallest absolute Gasteiger partial charge is 0.278 e. The molecule has 1 rings (SSSR count). The van der Waals surface area contributed by atoms with Gasteiger partial charge in [-0.1, -0.05) is 41.4 Å². The van der Waals surface area contributed by atoms with Crippen molar-refractivity contribution in [2.45, 2.75) is 4.84 Å². The Hall–Kier alpha value is 1.03. The van der Waals surface area contributed by atoms with Gasteiger partial charge in [-0.3, -0.25) is 9.59 Å². The lowest BCUT2D eigenvalue weighted by Crippen LogP contribution is -2.14. The molecule has 0 aromatic heterocycles. The predicted octanol–water partition coefficient (Wildman–Crippen LogP) is 5.07. The maximum atomic E-state index is 9.65. The maximum absolute atomic E-state index is 9.65. The van der Waals surface area contributed by atoms with E-state index in [1.807, 2.05) is 0 Å². The van der Waals surface area contributed by atoms with Crippen molar-refractivity contribution in [2.75, 3.05) is 19.1 Å². The quantitative estimate of drug-likeness (QED) is 0.358. The van der Waals surface area contributed by atoms with Crippen LogP contribution in [0.3, 0.4) is 0 Å². The molecule has 0 bridgehead atoms. The number of alkyl halides is 3. The minimum absolute atomic E-state index is 0.349. The lowest BCUT2D eigenvalue weighted by atomic mass is 10.8. The Balaban J connectivity index is -0.000000182. The molecule has 0 aromatic carbocycles. The first kappa shape index (κ1) is 25.0. The zero-order valence-corrected chi connectivity index (χ0v) is 14.5. The third-order valence-corrected chi connectivity index (χ3v) is 2.08. The van der Waals surface area contributed by atoms with Crippen molar-refractivity contribution >= 4 is 91.2 Å². The fraction of sp³-hybridized carbons (Fsp3) is 0.500. The van der Waals surface area contributed by atoms with Gasteiger partial charge in [0.15, 0.2) is 4.84 Å². The minimum Gasteiger partial charge on any atom is -0.278 e. The number of rotatable bonds is 2. The summed E-state index contributed by atoms with van der Waals surface area (Å²) >= 11 is 33.5. The molecule has 0 saturated carbocycles. The van der Waals surface area contributed by atoms with Crippen molar-refractivity contribution in [2.24, 2.45) is 0 Å². The molecule has 0 amide bonds. The average Bonchev–Trinajstić information content (AvgIpc) is 2.14. The van der Waals surface area contributed by atoms with E-state index >= 15 is 0 Å². The highest BCUT2D eigenvalue weighted by molar-refractivity contribution is 6.93. The molecule has 0 radical (unpaired) electrons. The summed E-state index contributed by atoms with van der Waals surface area (Å²) in [6, 6.07) is 0. The van der Waals surface area contributed by atoms with Gasteiger partial charge in [-0.15, -0.1) is 11.6 Å². The summed E-state index contributed by atoms with van der Waals surface area (Å²) in [5, 5.41) is -0.245. The standard InChI is InChI=1S/C3H4Cl2.C2HCl3O.C2H4O2.CCl2O/c1-3(5)2-4;3-1(4)2(5)6;1-2-4-3-1;2-1(3)4/h1-2H2;1H;1-2H2;. The van der Waals surface area contributed by atoms with Crippen LogP contribution in [0.25, 0.3) is 0 Å². The molecular formula is C8H9Cl7O4. The lowest BCUT2D eigenvalue weighted by molar-refractivity contribution is -0.382. The van der Waals surface area contributed by atoms with E-state index < -0.39 is 14.8 Å². The molecule has 0 aliphatic carbocycles. The van der Waals surface area contributed by atoms with Crippen LogP contribution in [0.2, 0.25) is 0 Å². The van der Waals surface area contributed by atoms with Gasteiger partial charge in [-0.25, -0.2) is 9.78 Å². The summed E-state index contributed by atoms with van der Waals surface area (Å²) in [5.41, 5.74) is 0. The first-order valence-electron chi connectivity index (χ1n) is 4.11. The number of carbonyl (C=O) groups excluding carboxylic acids is 2. The Morgan fingerprint density at radius 1 is 1.05 bits per heavy atom. The van der Waals surface area contributed by atoms with E-state index in [1.54, 1.807) is 0 Å². The number of carbonyl (C=O) groups is 2. The molecule has 1 saturated heterocycles. The van der Waals surface area contributed by atoms with Crippen LogP contribution in [0.4, 0.5) is 4.79 Å². The highest BCUT2D eigenvalue weighted by atomic mass is 35.5. The van der Waals surface area contributed by atoms with Crippen LogP contribution in [0.15, 0.2) is 11.6 Å². The summed E-state index contributed by atoms with van der Waals surface area (Å²) in [6.07, 6.45) is 0. The van der Waals surface area contributed by atoms with E-state index in [1.165, 1.54) is 0 Å². The summed E-state index contributed by atoms with van der Waals surface area (Å²) < 4.78 is -0.889. The van der Waals surface area contributed by atoms with Crippen molar-refractivity contribution in [3.8, 4) is 0 Å². The van der Waals surface area contributed by atoms with Gasteiger partial charge in [0.05, 0.1) is 5.88 Å². The molecule has 0 atom stereocenters. The van der Waals surface area contributed by atoms with Gasteiger partial charge >= 0.3 is 4.70 Å². The highest BCUT2D eigenvalue weighted by Gasteiger charge is 2.04. The molecule has 1 aliphatic heterocycles. The van der Waals surface area contributed by atoms with Gasteiger partial charge in [0.1, 0.15) is 13.2 Å². The predicted molar refractivity (Wildman–Crippen MR) is 81.1 cm³/mol. The molecule has 1 fully saturated rings. The first-order valence-corrected chi connectivity index (χ1v) is 7.03. The minimum atomic E-state index is -1.08. The average molecular weight is 417 g/mol. The Kier molecular flexibility index (Phi) is 25.1. The SMILES string of the molecule is C1COO1.C=C(Cl)CCl.O=C(Cl)C(Cl)Cl.O=C(Cl)Cl. The number of halogens is 7. The Morgan fingerprint density at radius 2 is 1.21 bits per heavy atom. The van der Waals surface area contributed by atoms with E-state index in [0.29, 0.717) is 10.9 Å². The Labute approximate surface area is 145 Å². The second kappa shape index (κ2) is 19.0. The first-order chi connectivity index (χ1) is 8.64. The number of hydrogen-bond acceptors (Lipinski definition) is 4. The monoisotopic (exact) mass is 414 g/mol. The van der Waals surface area contributed by atoms with Crippen LogP contribution in [-0.4, -0.2) is 33.9 Å². The molecule has 19 heavy (non-hydrogen) atoms. The van der Waals surface area contributed by atoms with Gasteiger partial charge in [0.2, 0.25) is 0 Å². The van der Waals surface area contributed by atoms with Crippen LogP contribution in [-0.2, 0) is 14.6 Å². The van der Waals surface area contributed by atoms with Crippen molar-refractivity contribution in [1.82, 2.24) is 0 Å². The maximum Gasteiger partial charge on any atom is 0.313 e. The molecule has 114 valence electrons. The third kappa shape index (κ3) is 45.4. The zero-order chi connectivity index (χ0) is 15.8. The van der Waals surface area contributed by atoms with Crippen LogP contribution in [0.1, 0.15) is 0 Å². The van der Waals surface area contributed by atoms with E-state index in [9.17, 15) is 4.79 Å². The number of allylic oxidation sites excluding steroid dienone is 1. The molecular weight excluding hydrogens is 408 g/mol. The Bertz CT molecular complexity index is 247. The van der Waals surface area contributed by atoms with Crippen LogP contribution < -0.4 is 0 Å². The second-order valence-corrected chi connectivity index (χ2v) is 5.28. The van der Waals surface area contributed by atoms with E-state index in [0.717, 1.165) is 13.2 Å². The fourth-order valence-corrected chi connectivity index (χ4v) is 0.0833. The summed E-state index contributed by atoms with van der Waals surface area (Å²) in [7, 11) is 0. The zero-order valence-electron chi connectivity index (χ0n) is 9.18. The summed E-state index contributed by atoms with van der Waals surface area (Å²) in [6.45, 7) is 4.86. The molecule has 1 aliphatic rings. The van der Waals surface area contributed by atoms with Gasteiger partial charge < -0.3 is 0 Å². The summed E-state index contributed by atoms with van der Waals surface area (Å²) in [4.78, 5) is 26.0. The van der Waals surface area contributed by atoms with E-state index in [-0.39, 0.29) is 0 Å². The lowest BCUT2D eigenvalue weighted by Gasteiger charge is -2.08. The largest absolute Gasteiger partial charge is 0.313 e. The van der Waals surface area contributed by atoms with Crippen molar-refractivity contribution < 1.29 is 19.4 Å². The highest BCUT2D eigenvalue weighted by Crippen LogP contribution is 2.04. The van der Waals surface area contributed by atoms with Gasteiger partial charge in [-0.05, 0) is 34.8 Å². The topological polar surface area (TPSA) is 52.6 Å². The fourth-order valence-electron chi connectivity index (χ4n) is 0.0833. The molecule has 11 heteroatoms. The number of hydrogen-bond donors (Lipinski definition) is 0. The molecule has 0 unspecified atom stereocenters. The van der Waals surface area contributed by atoms with Crippen molar-refractivity contribution in [3.63, 3.8) is 0 Å². The van der Waals surface area contributed by atoms with Crippen LogP contribution in [0, 0.1) is 0 Å². The normalized spacial score (nSPS) is 11.4. The molecule has 0 spiro atoms. The third-order valence-electron chi connectivity index (χ3n) is 0.650. The molecule has 0 N–H and O–H groups in total. The van der Waals surface area contributed by atoms with Crippen LogP contribution in [0.5, 0.6) is 0 Å². The van der Waals surface area contributed by atoms with Gasteiger partial charge in [-0.2, -0.15) is 0 Å². The van der Waals surface area contributed by atoms with Gasteiger partial charge in [0, 0.05) is 5.03 Å². The Morgan fingerprint density at radius 3 is 1.21 bits per heavy atom. The second-order valence-electron chi connectivity index (χ2n) is 2.13.